The van der Waals surface area contributed by atoms with E-state index < -0.39 is 0 Å². The molecule has 3 unspecified atom stereocenters. The molecule has 18 heavy (non-hydrogen) atoms. The number of carbonyl (C=O) groups is 2. The second kappa shape index (κ2) is 6.76. The highest BCUT2D eigenvalue weighted by Gasteiger charge is 2.41. The van der Waals surface area contributed by atoms with Crippen molar-refractivity contribution in [3.63, 3.8) is 0 Å². The number of hydrogen-bond acceptors (Lipinski definition) is 2. The minimum atomic E-state index is -0.324. The van der Waals surface area contributed by atoms with Gasteiger partial charge in [-0.05, 0) is 18.8 Å². The summed E-state index contributed by atoms with van der Waals surface area (Å²) in [5, 5.41) is 2.86. The van der Waals surface area contributed by atoms with Crippen LogP contribution in [0.2, 0.25) is 0 Å². The third-order valence-electron chi connectivity index (χ3n) is 3.85. The second-order valence-corrected chi connectivity index (χ2v) is 5.18. The fourth-order valence-electron chi connectivity index (χ4n) is 2.44. The molecule has 104 valence electrons. The van der Waals surface area contributed by atoms with Crippen LogP contribution in [0.1, 0.15) is 53.4 Å². The number of amides is 2. The van der Waals surface area contributed by atoms with Crippen LogP contribution < -0.4 is 5.32 Å². The van der Waals surface area contributed by atoms with Gasteiger partial charge in [0.2, 0.25) is 11.8 Å². The molecule has 0 aliphatic carbocycles. The van der Waals surface area contributed by atoms with Gasteiger partial charge in [0.1, 0.15) is 12.1 Å². The SMILES string of the molecule is CCCCN1C(=O)C(CC)NC(=O)C1C(C)CC. The van der Waals surface area contributed by atoms with Gasteiger partial charge < -0.3 is 10.2 Å². The van der Waals surface area contributed by atoms with Gasteiger partial charge in [0, 0.05) is 6.54 Å². The normalized spacial score (nSPS) is 26.1. The molecule has 1 heterocycles. The number of nitrogens with one attached hydrogen (secondary N) is 1. The van der Waals surface area contributed by atoms with Gasteiger partial charge in [-0.3, -0.25) is 9.59 Å². The average Bonchev–Trinajstić information content (AvgIpc) is 2.38. The van der Waals surface area contributed by atoms with Crippen LogP contribution in [0.4, 0.5) is 0 Å². The first-order valence-corrected chi connectivity index (χ1v) is 7.17. The first-order chi connectivity index (χ1) is 8.56. The van der Waals surface area contributed by atoms with E-state index in [1.807, 2.05) is 18.7 Å². The van der Waals surface area contributed by atoms with Gasteiger partial charge in [-0.25, -0.2) is 0 Å². The molecule has 1 aliphatic heterocycles. The van der Waals surface area contributed by atoms with E-state index in [9.17, 15) is 9.59 Å². The molecule has 0 aromatic rings. The quantitative estimate of drug-likeness (QED) is 0.787. The Balaban J connectivity index is 2.90. The van der Waals surface area contributed by atoms with E-state index in [-0.39, 0.29) is 29.8 Å². The topological polar surface area (TPSA) is 49.4 Å². The molecule has 0 aromatic carbocycles. The van der Waals surface area contributed by atoms with Crippen LogP contribution in [-0.4, -0.2) is 35.3 Å². The van der Waals surface area contributed by atoms with Gasteiger partial charge >= 0.3 is 0 Å². The molecule has 0 radical (unpaired) electrons. The molecular weight excluding hydrogens is 228 g/mol. The Morgan fingerprint density at radius 3 is 2.44 bits per heavy atom. The Morgan fingerprint density at radius 2 is 1.94 bits per heavy atom. The van der Waals surface area contributed by atoms with Crippen molar-refractivity contribution in [2.75, 3.05) is 6.54 Å². The van der Waals surface area contributed by atoms with Gasteiger partial charge in [-0.2, -0.15) is 0 Å². The maximum Gasteiger partial charge on any atom is 0.245 e. The number of rotatable bonds is 6. The number of hydrogen-bond donors (Lipinski definition) is 1. The van der Waals surface area contributed by atoms with E-state index in [4.69, 9.17) is 0 Å². The minimum absolute atomic E-state index is 0.0203. The van der Waals surface area contributed by atoms with Crippen molar-refractivity contribution in [3.8, 4) is 0 Å². The Labute approximate surface area is 110 Å². The Kier molecular flexibility index (Phi) is 5.63. The van der Waals surface area contributed by atoms with E-state index in [0.29, 0.717) is 13.0 Å². The van der Waals surface area contributed by atoms with Gasteiger partial charge in [-0.15, -0.1) is 0 Å². The molecule has 1 rings (SSSR count). The van der Waals surface area contributed by atoms with Gasteiger partial charge in [0.25, 0.3) is 0 Å². The fourth-order valence-corrected chi connectivity index (χ4v) is 2.44. The van der Waals surface area contributed by atoms with Crippen LogP contribution in [0.15, 0.2) is 0 Å². The van der Waals surface area contributed by atoms with Crippen LogP contribution >= 0.6 is 0 Å². The van der Waals surface area contributed by atoms with Crippen LogP contribution in [0, 0.1) is 5.92 Å². The second-order valence-electron chi connectivity index (χ2n) is 5.18. The summed E-state index contributed by atoms with van der Waals surface area (Å²) >= 11 is 0. The molecule has 1 saturated heterocycles. The summed E-state index contributed by atoms with van der Waals surface area (Å²) in [6.07, 6.45) is 3.57. The zero-order valence-corrected chi connectivity index (χ0v) is 12.0. The Morgan fingerprint density at radius 1 is 1.28 bits per heavy atom. The summed E-state index contributed by atoms with van der Waals surface area (Å²) in [6, 6.07) is -0.605. The molecule has 1 aliphatic rings. The van der Waals surface area contributed by atoms with Crippen molar-refractivity contribution in [2.24, 2.45) is 5.92 Å². The number of piperazine rings is 1. The monoisotopic (exact) mass is 254 g/mol. The van der Waals surface area contributed by atoms with Crippen molar-refractivity contribution >= 4 is 11.8 Å². The predicted molar refractivity (Wildman–Crippen MR) is 72.1 cm³/mol. The first kappa shape index (κ1) is 15.0. The van der Waals surface area contributed by atoms with Crippen molar-refractivity contribution in [1.29, 1.82) is 0 Å². The average molecular weight is 254 g/mol. The summed E-state index contributed by atoms with van der Waals surface area (Å²) in [7, 11) is 0. The van der Waals surface area contributed by atoms with Crippen molar-refractivity contribution in [2.45, 2.75) is 65.5 Å². The summed E-state index contributed by atoms with van der Waals surface area (Å²) < 4.78 is 0. The van der Waals surface area contributed by atoms with E-state index in [0.717, 1.165) is 19.3 Å². The van der Waals surface area contributed by atoms with Crippen molar-refractivity contribution in [1.82, 2.24) is 10.2 Å². The van der Waals surface area contributed by atoms with Crippen LogP contribution in [-0.2, 0) is 9.59 Å². The summed E-state index contributed by atoms with van der Waals surface area (Å²) in [6.45, 7) is 8.85. The highest BCUT2D eigenvalue weighted by molar-refractivity contribution is 5.97. The molecule has 1 N–H and O–H groups in total. The Bertz CT molecular complexity index is 304. The summed E-state index contributed by atoms with van der Waals surface area (Å²) in [5.41, 5.74) is 0. The molecule has 0 aromatic heterocycles. The van der Waals surface area contributed by atoms with Crippen molar-refractivity contribution in [3.05, 3.63) is 0 Å². The highest BCUT2D eigenvalue weighted by atomic mass is 16.2. The molecular formula is C14H26N2O2. The molecule has 0 spiro atoms. The lowest BCUT2D eigenvalue weighted by Crippen LogP contribution is -2.64. The number of nitrogens with zero attached hydrogens (tertiary/aromatic N) is 1. The summed E-state index contributed by atoms with van der Waals surface area (Å²) in [4.78, 5) is 26.3. The molecule has 1 fully saturated rings. The molecule has 0 bridgehead atoms. The standard InChI is InChI=1S/C14H26N2O2/c1-5-8-9-16-12(10(4)6-2)13(17)15-11(7-3)14(16)18/h10-12H,5-9H2,1-4H3,(H,15,17). The Hall–Kier alpha value is -1.06. The van der Waals surface area contributed by atoms with Gasteiger partial charge in [0.15, 0.2) is 0 Å². The molecule has 2 amide bonds. The smallest absolute Gasteiger partial charge is 0.245 e. The maximum absolute atomic E-state index is 12.3. The van der Waals surface area contributed by atoms with E-state index in [1.165, 1.54) is 0 Å². The predicted octanol–water partition coefficient (Wildman–Crippen LogP) is 1.94. The van der Waals surface area contributed by atoms with Crippen LogP contribution in [0.3, 0.4) is 0 Å². The third kappa shape index (κ3) is 3.03. The third-order valence-corrected chi connectivity index (χ3v) is 3.85. The van der Waals surface area contributed by atoms with Crippen molar-refractivity contribution < 1.29 is 9.59 Å². The van der Waals surface area contributed by atoms with Gasteiger partial charge in [0.05, 0.1) is 0 Å². The number of carbonyl (C=O) groups excluding carboxylic acids is 2. The zero-order valence-electron chi connectivity index (χ0n) is 12.0. The fraction of sp³-hybridized carbons (Fsp3) is 0.857. The zero-order chi connectivity index (χ0) is 13.7. The molecule has 4 heteroatoms. The minimum Gasteiger partial charge on any atom is -0.343 e. The lowest BCUT2D eigenvalue weighted by Gasteiger charge is -2.41. The molecule has 0 saturated carbocycles. The van der Waals surface area contributed by atoms with E-state index in [2.05, 4.69) is 19.2 Å². The van der Waals surface area contributed by atoms with Crippen LogP contribution in [0.25, 0.3) is 0 Å². The van der Waals surface area contributed by atoms with Crippen LogP contribution in [0.5, 0.6) is 0 Å². The molecule has 4 nitrogen and oxygen atoms in total. The first-order valence-electron chi connectivity index (χ1n) is 7.17. The number of unbranched alkanes of at least 4 members (excludes halogenated alkanes) is 1. The molecule has 3 atom stereocenters. The van der Waals surface area contributed by atoms with E-state index >= 15 is 0 Å². The summed E-state index contributed by atoms with van der Waals surface area (Å²) in [5.74, 6) is 0.325. The largest absolute Gasteiger partial charge is 0.343 e. The maximum atomic E-state index is 12.3. The highest BCUT2D eigenvalue weighted by Crippen LogP contribution is 2.21. The van der Waals surface area contributed by atoms with Gasteiger partial charge in [-0.1, -0.05) is 40.5 Å². The van der Waals surface area contributed by atoms with E-state index in [1.54, 1.807) is 0 Å². The lowest BCUT2D eigenvalue weighted by atomic mass is 9.92. The lowest BCUT2D eigenvalue weighted by molar-refractivity contribution is -0.151.